The Kier molecular flexibility index (Phi) is 5.67. The summed E-state index contributed by atoms with van der Waals surface area (Å²) in [5.74, 6) is 0.936. The number of methoxy groups -OCH3 is 1. The lowest BCUT2D eigenvalue weighted by atomic mass is 10.1. The summed E-state index contributed by atoms with van der Waals surface area (Å²) in [6.45, 7) is 6.12. The fourth-order valence-electron chi connectivity index (χ4n) is 2.54. The van der Waals surface area contributed by atoms with Crippen LogP contribution in [0.5, 0.6) is 5.75 Å². The molecule has 3 heteroatoms. The van der Waals surface area contributed by atoms with E-state index in [0.29, 0.717) is 0 Å². The lowest BCUT2D eigenvalue weighted by Gasteiger charge is -2.21. The summed E-state index contributed by atoms with van der Waals surface area (Å²) >= 11 is 0. The van der Waals surface area contributed by atoms with Crippen molar-refractivity contribution in [3.63, 3.8) is 0 Å². The molecule has 0 atom stereocenters. The number of likely N-dealkylation sites (N-methyl/N-ethyl adjacent to an activating group) is 1. The van der Waals surface area contributed by atoms with Gasteiger partial charge in [0, 0.05) is 19.6 Å². The minimum atomic E-state index is 0.936. The van der Waals surface area contributed by atoms with E-state index in [1.165, 1.54) is 44.6 Å². The van der Waals surface area contributed by atoms with Gasteiger partial charge in [0.2, 0.25) is 0 Å². The van der Waals surface area contributed by atoms with Gasteiger partial charge in [0.15, 0.2) is 0 Å². The SMILES string of the molecule is COc1ccc(CCN(C)CCN2CCCC2)cc1. The van der Waals surface area contributed by atoms with Crippen LogP contribution < -0.4 is 4.74 Å². The van der Waals surface area contributed by atoms with Gasteiger partial charge in [-0.15, -0.1) is 0 Å². The highest BCUT2D eigenvalue weighted by atomic mass is 16.5. The lowest BCUT2D eigenvalue weighted by molar-refractivity contribution is 0.259. The molecule has 1 heterocycles. The van der Waals surface area contributed by atoms with Crippen molar-refractivity contribution in [1.29, 1.82) is 0 Å². The predicted octanol–water partition coefficient (Wildman–Crippen LogP) is 2.27. The van der Waals surface area contributed by atoms with Gasteiger partial charge < -0.3 is 14.5 Å². The Balaban J connectivity index is 1.65. The molecule has 1 aromatic carbocycles. The summed E-state index contributed by atoms with van der Waals surface area (Å²) in [5, 5.41) is 0. The van der Waals surface area contributed by atoms with Crippen LogP contribution in [-0.2, 0) is 6.42 Å². The first-order valence-corrected chi connectivity index (χ1v) is 7.32. The van der Waals surface area contributed by atoms with E-state index in [0.717, 1.165) is 18.7 Å². The molecule has 0 spiro atoms. The second kappa shape index (κ2) is 7.51. The van der Waals surface area contributed by atoms with E-state index in [1.54, 1.807) is 7.11 Å². The lowest BCUT2D eigenvalue weighted by Crippen LogP contribution is -2.32. The van der Waals surface area contributed by atoms with Crippen molar-refractivity contribution in [2.45, 2.75) is 19.3 Å². The first kappa shape index (κ1) is 14.4. The average molecular weight is 262 g/mol. The zero-order chi connectivity index (χ0) is 13.5. The van der Waals surface area contributed by atoms with Gasteiger partial charge in [-0.3, -0.25) is 0 Å². The summed E-state index contributed by atoms with van der Waals surface area (Å²) in [6, 6.07) is 8.40. The van der Waals surface area contributed by atoms with E-state index in [4.69, 9.17) is 4.74 Å². The van der Waals surface area contributed by atoms with Gasteiger partial charge >= 0.3 is 0 Å². The van der Waals surface area contributed by atoms with Crippen LogP contribution in [0.3, 0.4) is 0 Å². The van der Waals surface area contributed by atoms with Gasteiger partial charge in [-0.25, -0.2) is 0 Å². The van der Waals surface area contributed by atoms with Crippen molar-refractivity contribution in [2.24, 2.45) is 0 Å². The maximum absolute atomic E-state index is 5.17. The van der Waals surface area contributed by atoms with Crippen LogP contribution in [0.2, 0.25) is 0 Å². The number of rotatable bonds is 7. The molecule has 1 saturated heterocycles. The maximum Gasteiger partial charge on any atom is 0.118 e. The molecule has 2 rings (SSSR count). The highest BCUT2D eigenvalue weighted by Gasteiger charge is 2.11. The van der Waals surface area contributed by atoms with Gasteiger partial charge in [0.05, 0.1) is 7.11 Å². The zero-order valence-electron chi connectivity index (χ0n) is 12.3. The largest absolute Gasteiger partial charge is 0.497 e. The summed E-state index contributed by atoms with van der Waals surface area (Å²) in [5.41, 5.74) is 1.38. The molecule has 0 bridgehead atoms. The van der Waals surface area contributed by atoms with Crippen molar-refractivity contribution in [3.05, 3.63) is 29.8 Å². The Labute approximate surface area is 117 Å². The first-order chi connectivity index (χ1) is 9.28. The third-order valence-electron chi connectivity index (χ3n) is 3.94. The molecule has 0 N–H and O–H groups in total. The summed E-state index contributed by atoms with van der Waals surface area (Å²) in [4.78, 5) is 5.01. The van der Waals surface area contributed by atoms with E-state index >= 15 is 0 Å². The number of hydrogen-bond acceptors (Lipinski definition) is 3. The second-order valence-electron chi connectivity index (χ2n) is 5.45. The Morgan fingerprint density at radius 2 is 1.79 bits per heavy atom. The second-order valence-corrected chi connectivity index (χ2v) is 5.45. The minimum Gasteiger partial charge on any atom is -0.497 e. The van der Waals surface area contributed by atoms with E-state index < -0.39 is 0 Å². The Hall–Kier alpha value is -1.06. The first-order valence-electron chi connectivity index (χ1n) is 7.32. The number of benzene rings is 1. The van der Waals surface area contributed by atoms with Crippen LogP contribution in [-0.4, -0.2) is 56.7 Å². The van der Waals surface area contributed by atoms with E-state index in [2.05, 4.69) is 29.0 Å². The van der Waals surface area contributed by atoms with Crippen molar-refractivity contribution in [3.8, 4) is 5.75 Å². The standard InChI is InChI=1S/C16H26N2O/c1-17(13-14-18-10-3-4-11-18)12-9-15-5-7-16(19-2)8-6-15/h5-8H,3-4,9-14H2,1-2H3. The molecule has 1 aliphatic rings. The van der Waals surface area contributed by atoms with Gasteiger partial charge in [0.1, 0.15) is 5.75 Å². The normalized spacial score (nSPS) is 16.2. The fourth-order valence-corrected chi connectivity index (χ4v) is 2.54. The molecule has 0 radical (unpaired) electrons. The van der Waals surface area contributed by atoms with Crippen LogP contribution >= 0.6 is 0 Å². The van der Waals surface area contributed by atoms with Crippen LogP contribution in [0.4, 0.5) is 0 Å². The molecule has 0 aliphatic carbocycles. The minimum absolute atomic E-state index is 0.936. The molecular formula is C16H26N2O. The molecule has 1 aromatic rings. The average Bonchev–Trinajstić information content (AvgIpc) is 2.96. The summed E-state index contributed by atoms with van der Waals surface area (Å²) in [7, 11) is 3.93. The topological polar surface area (TPSA) is 15.7 Å². The Morgan fingerprint density at radius 1 is 1.11 bits per heavy atom. The molecule has 0 unspecified atom stereocenters. The molecule has 19 heavy (non-hydrogen) atoms. The third kappa shape index (κ3) is 4.84. The van der Waals surface area contributed by atoms with Crippen molar-refractivity contribution in [1.82, 2.24) is 9.80 Å². The van der Waals surface area contributed by atoms with E-state index in [9.17, 15) is 0 Å². The van der Waals surface area contributed by atoms with Gasteiger partial charge in [-0.2, -0.15) is 0 Å². The Bertz CT molecular complexity index is 358. The van der Waals surface area contributed by atoms with E-state index in [1.807, 2.05) is 12.1 Å². The zero-order valence-corrected chi connectivity index (χ0v) is 12.3. The fraction of sp³-hybridized carbons (Fsp3) is 0.625. The quantitative estimate of drug-likeness (QED) is 0.749. The van der Waals surface area contributed by atoms with Gasteiger partial charge in [-0.1, -0.05) is 12.1 Å². The predicted molar refractivity (Wildman–Crippen MR) is 79.9 cm³/mol. The molecule has 0 saturated carbocycles. The smallest absolute Gasteiger partial charge is 0.118 e. The van der Waals surface area contributed by atoms with Gasteiger partial charge in [-0.05, 0) is 57.1 Å². The van der Waals surface area contributed by atoms with Crippen molar-refractivity contribution < 1.29 is 4.74 Å². The molecular weight excluding hydrogens is 236 g/mol. The number of hydrogen-bond donors (Lipinski definition) is 0. The van der Waals surface area contributed by atoms with E-state index in [-0.39, 0.29) is 0 Å². The molecule has 3 nitrogen and oxygen atoms in total. The van der Waals surface area contributed by atoms with Crippen LogP contribution in [0.25, 0.3) is 0 Å². The van der Waals surface area contributed by atoms with Crippen LogP contribution in [0.1, 0.15) is 18.4 Å². The molecule has 0 aromatic heterocycles. The van der Waals surface area contributed by atoms with Gasteiger partial charge in [0.25, 0.3) is 0 Å². The third-order valence-corrected chi connectivity index (χ3v) is 3.94. The van der Waals surface area contributed by atoms with Crippen LogP contribution in [0.15, 0.2) is 24.3 Å². The van der Waals surface area contributed by atoms with Crippen LogP contribution in [0, 0.1) is 0 Å². The Morgan fingerprint density at radius 3 is 2.42 bits per heavy atom. The number of ether oxygens (including phenoxy) is 1. The molecule has 1 aliphatic heterocycles. The number of nitrogens with zero attached hydrogens (tertiary/aromatic N) is 2. The highest BCUT2D eigenvalue weighted by Crippen LogP contribution is 2.12. The monoisotopic (exact) mass is 262 g/mol. The highest BCUT2D eigenvalue weighted by molar-refractivity contribution is 5.27. The van der Waals surface area contributed by atoms with Crippen molar-refractivity contribution >= 4 is 0 Å². The molecule has 106 valence electrons. The summed E-state index contributed by atoms with van der Waals surface area (Å²) < 4.78 is 5.17. The summed E-state index contributed by atoms with van der Waals surface area (Å²) in [6.07, 6.45) is 3.88. The van der Waals surface area contributed by atoms with Crippen molar-refractivity contribution in [2.75, 3.05) is 46.9 Å². The molecule has 1 fully saturated rings. The molecule has 0 amide bonds. The number of likely N-dealkylation sites (tertiary alicyclic amines) is 1. The maximum atomic E-state index is 5.17.